The minimum Gasteiger partial charge on any atom is -0.299 e. The minimum atomic E-state index is -1.63. The Hall–Kier alpha value is -2.83. The molecule has 0 spiro atoms. The van der Waals surface area contributed by atoms with Gasteiger partial charge in [-0.3, -0.25) is 19.3 Å². The van der Waals surface area contributed by atoms with Crippen molar-refractivity contribution in [2.75, 3.05) is 4.90 Å². The molecule has 1 aromatic rings. The van der Waals surface area contributed by atoms with E-state index in [0.29, 0.717) is 4.90 Å². The summed E-state index contributed by atoms with van der Waals surface area (Å²) in [5, 5.41) is 0. The molecule has 0 bridgehead atoms. The van der Waals surface area contributed by atoms with Crippen molar-refractivity contribution in [2.45, 2.75) is 19.9 Å². The number of carbonyl (C=O) groups is 4. The van der Waals surface area contributed by atoms with Crippen LogP contribution < -0.4 is 4.90 Å². The van der Waals surface area contributed by atoms with Crippen molar-refractivity contribution >= 4 is 29.3 Å². The topological polar surface area (TPSA) is 74.8 Å². The number of ketones is 1. The van der Waals surface area contributed by atoms with E-state index in [1.54, 1.807) is 0 Å². The molecule has 2 unspecified atom stereocenters. The number of benzene rings is 1. The van der Waals surface area contributed by atoms with Crippen molar-refractivity contribution < 1.29 is 23.6 Å². The highest BCUT2D eigenvalue weighted by atomic mass is 19.1. The minimum absolute atomic E-state index is 0.0417. The van der Waals surface area contributed by atoms with E-state index >= 15 is 0 Å². The van der Waals surface area contributed by atoms with Gasteiger partial charge >= 0.3 is 6.03 Å². The molecule has 1 saturated heterocycles. The molecular weight excluding hydrogens is 303 g/mol. The molecule has 2 rings (SSSR count). The van der Waals surface area contributed by atoms with Crippen molar-refractivity contribution in [3.05, 3.63) is 42.7 Å². The highest BCUT2D eigenvalue weighted by Crippen LogP contribution is 2.27. The average molecular weight is 318 g/mol. The van der Waals surface area contributed by atoms with Gasteiger partial charge in [0.15, 0.2) is 11.7 Å². The van der Waals surface area contributed by atoms with Crippen LogP contribution in [0.4, 0.5) is 14.9 Å². The maximum Gasteiger partial charge on any atom is 0.338 e. The molecular formula is C16H15FN2O4. The fourth-order valence-corrected chi connectivity index (χ4v) is 2.35. The smallest absolute Gasteiger partial charge is 0.299 e. The van der Waals surface area contributed by atoms with Crippen molar-refractivity contribution in [3.8, 4) is 0 Å². The quantitative estimate of drug-likeness (QED) is 0.628. The first-order valence-corrected chi connectivity index (χ1v) is 6.89. The van der Waals surface area contributed by atoms with Crippen LogP contribution in [0.1, 0.15) is 13.8 Å². The van der Waals surface area contributed by atoms with E-state index in [9.17, 15) is 23.6 Å². The van der Waals surface area contributed by atoms with E-state index in [2.05, 4.69) is 6.58 Å². The number of amides is 4. The predicted molar refractivity (Wildman–Crippen MR) is 80.0 cm³/mol. The Balaban J connectivity index is 2.58. The second kappa shape index (κ2) is 6.12. The normalized spacial score (nSPS) is 19.8. The van der Waals surface area contributed by atoms with Gasteiger partial charge in [-0.25, -0.2) is 14.1 Å². The molecule has 6 nitrogen and oxygen atoms in total. The number of imide groups is 2. The lowest BCUT2D eigenvalue weighted by molar-refractivity contribution is -0.146. The number of carbonyl (C=O) groups excluding carboxylic acids is 4. The lowest BCUT2D eigenvalue weighted by Gasteiger charge is -2.38. The SMILES string of the molecule is C=CC(C)N1C(=O)C(C(C)=O)C(=O)N(c2cccc(F)c2)C1=O. The highest BCUT2D eigenvalue weighted by molar-refractivity contribution is 6.34. The molecule has 7 heteroatoms. The number of Topliss-reactive ketones (excluding diaryl/α,β-unsaturated/α-hetero) is 1. The summed E-state index contributed by atoms with van der Waals surface area (Å²) in [4.78, 5) is 50.5. The summed E-state index contributed by atoms with van der Waals surface area (Å²) in [7, 11) is 0. The monoisotopic (exact) mass is 318 g/mol. The molecule has 0 N–H and O–H groups in total. The van der Waals surface area contributed by atoms with Gasteiger partial charge in [0.2, 0.25) is 0 Å². The van der Waals surface area contributed by atoms with Crippen LogP contribution >= 0.6 is 0 Å². The number of urea groups is 1. The number of anilines is 1. The Labute approximate surface area is 132 Å². The van der Waals surface area contributed by atoms with E-state index in [0.717, 1.165) is 24.0 Å². The molecule has 1 aromatic carbocycles. The van der Waals surface area contributed by atoms with Crippen LogP contribution in [0.5, 0.6) is 0 Å². The molecule has 23 heavy (non-hydrogen) atoms. The third kappa shape index (κ3) is 2.77. The first-order chi connectivity index (χ1) is 10.8. The van der Waals surface area contributed by atoms with Gasteiger partial charge in [0.05, 0.1) is 11.7 Å². The van der Waals surface area contributed by atoms with Crippen LogP contribution in [0, 0.1) is 11.7 Å². The molecule has 1 aliphatic rings. The second-order valence-electron chi connectivity index (χ2n) is 5.16. The zero-order valence-electron chi connectivity index (χ0n) is 12.7. The largest absolute Gasteiger partial charge is 0.338 e. The van der Waals surface area contributed by atoms with Crippen molar-refractivity contribution in [3.63, 3.8) is 0 Å². The molecule has 0 aromatic heterocycles. The Morgan fingerprint density at radius 1 is 1.30 bits per heavy atom. The van der Waals surface area contributed by atoms with Crippen LogP contribution in [-0.4, -0.2) is 34.6 Å². The van der Waals surface area contributed by atoms with Gasteiger partial charge in [-0.1, -0.05) is 12.1 Å². The summed E-state index contributed by atoms with van der Waals surface area (Å²) < 4.78 is 13.4. The summed E-state index contributed by atoms with van der Waals surface area (Å²) in [5.74, 6) is -4.84. The number of rotatable bonds is 4. The third-order valence-corrected chi connectivity index (χ3v) is 3.57. The van der Waals surface area contributed by atoms with E-state index in [1.165, 1.54) is 25.1 Å². The molecule has 1 fully saturated rings. The first kappa shape index (κ1) is 16.5. The average Bonchev–Trinajstić information content (AvgIpc) is 2.46. The number of halogens is 1. The Kier molecular flexibility index (Phi) is 4.40. The van der Waals surface area contributed by atoms with Crippen molar-refractivity contribution in [1.82, 2.24) is 4.90 Å². The number of hydrogen-bond acceptors (Lipinski definition) is 4. The fraction of sp³-hybridized carbons (Fsp3) is 0.250. The Morgan fingerprint density at radius 2 is 1.96 bits per heavy atom. The summed E-state index contributed by atoms with van der Waals surface area (Å²) in [6.07, 6.45) is 1.34. The van der Waals surface area contributed by atoms with Crippen molar-refractivity contribution in [1.29, 1.82) is 0 Å². The molecule has 2 atom stereocenters. The van der Waals surface area contributed by atoms with E-state index in [-0.39, 0.29) is 5.69 Å². The summed E-state index contributed by atoms with van der Waals surface area (Å²) in [6, 6.07) is 3.16. The summed E-state index contributed by atoms with van der Waals surface area (Å²) in [5.41, 5.74) is -0.0417. The van der Waals surface area contributed by atoms with E-state index in [1.807, 2.05) is 0 Å². The molecule has 4 amide bonds. The van der Waals surface area contributed by atoms with Gasteiger partial charge in [-0.05, 0) is 32.0 Å². The zero-order chi connectivity index (χ0) is 17.3. The van der Waals surface area contributed by atoms with Crippen LogP contribution in [0.3, 0.4) is 0 Å². The van der Waals surface area contributed by atoms with Gasteiger partial charge in [-0.2, -0.15) is 0 Å². The summed E-state index contributed by atoms with van der Waals surface area (Å²) >= 11 is 0. The lowest BCUT2D eigenvalue weighted by Crippen LogP contribution is -2.63. The molecule has 1 heterocycles. The third-order valence-electron chi connectivity index (χ3n) is 3.57. The van der Waals surface area contributed by atoms with Crippen LogP contribution in [0.15, 0.2) is 36.9 Å². The maximum absolute atomic E-state index is 13.4. The number of nitrogens with zero attached hydrogens (tertiary/aromatic N) is 2. The molecule has 1 aliphatic heterocycles. The first-order valence-electron chi connectivity index (χ1n) is 6.89. The van der Waals surface area contributed by atoms with Gasteiger partial charge in [-0.15, -0.1) is 6.58 Å². The standard InChI is InChI=1S/C16H15FN2O4/c1-4-9(2)18-14(21)13(10(3)20)15(22)19(16(18)23)12-7-5-6-11(17)8-12/h4-9,13H,1H2,2-3H3. The zero-order valence-corrected chi connectivity index (χ0v) is 12.7. The van der Waals surface area contributed by atoms with Crippen molar-refractivity contribution in [2.24, 2.45) is 5.92 Å². The highest BCUT2D eigenvalue weighted by Gasteiger charge is 2.49. The van der Waals surface area contributed by atoms with Gasteiger partial charge < -0.3 is 0 Å². The van der Waals surface area contributed by atoms with Gasteiger partial charge in [0.25, 0.3) is 11.8 Å². The second-order valence-corrected chi connectivity index (χ2v) is 5.16. The maximum atomic E-state index is 13.4. The molecule has 0 saturated carbocycles. The molecule has 0 radical (unpaired) electrons. The van der Waals surface area contributed by atoms with Crippen LogP contribution in [0.25, 0.3) is 0 Å². The summed E-state index contributed by atoms with van der Waals surface area (Å²) in [6.45, 7) is 6.13. The van der Waals surface area contributed by atoms with Crippen LogP contribution in [0.2, 0.25) is 0 Å². The Bertz CT molecular complexity index is 716. The predicted octanol–water partition coefficient (Wildman–Crippen LogP) is 1.90. The number of hydrogen-bond donors (Lipinski definition) is 0. The van der Waals surface area contributed by atoms with Crippen LogP contribution in [-0.2, 0) is 14.4 Å². The Morgan fingerprint density at radius 3 is 2.48 bits per heavy atom. The lowest BCUT2D eigenvalue weighted by atomic mass is 9.97. The van der Waals surface area contributed by atoms with E-state index in [4.69, 9.17) is 0 Å². The van der Waals surface area contributed by atoms with Gasteiger partial charge in [0.1, 0.15) is 5.82 Å². The fourth-order valence-electron chi connectivity index (χ4n) is 2.35. The number of barbiturate groups is 1. The van der Waals surface area contributed by atoms with Gasteiger partial charge in [0, 0.05) is 0 Å². The molecule has 0 aliphatic carbocycles. The van der Waals surface area contributed by atoms with E-state index < -0.39 is 41.4 Å². The molecule has 120 valence electrons.